The Labute approximate surface area is 301 Å². The van der Waals surface area contributed by atoms with E-state index in [0.29, 0.717) is 21.5 Å². The summed E-state index contributed by atoms with van der Waals surface area (Å²) in [5.41, 5.74) is -0.815. The van der Waals surface area contributed by atoms with E-state index in [1.54, 1.807) is 24.3 Å². The summed E-state index contributed by atoms with van der Waals surface area (Å²) in [5, 5.41) is 21.5. The Morgan fingerprint density at radius 1 is 0.463 bits per heavy atom. The molecule has 8 aromatic rings. The lowest BCUT2D eigenvalue weighted by molar-refractivity contribution is -0.138. The summed E-state index contributed by atoms with van der Waals surface area (Å²) in [6, 6.07) is 29.0. The van der Waals surface area contributed by atoms with Gasteiger partial charge in [0.1, 0.15) is 0 Å². The van der Waals surface area contributed by atoms with Crippen LogP contribution in [0.1, 0.15) is 22.3 Å². The molecule has 0 amide bonds. The summed E-state index contributed by atoms with van der Waals surface area (Å²) in [6.45, 7) is 15.1. The minimum absolute atomic E-state index is 0.140. The van der Waals surface area contributed by atoms with E-state index >= 15 is 0 Å². The molecule has 2 heterocycles. The van der Waals surface area contributed by atoms with Crippen molar-refractivity contribution in [2.45, 2.75) is 12.4 Å². The highest BCUT2D eigenvalue weighted by Gasteiger charge is 2.37. The molecular weight excluding hydrogens is 702 g/mol. The number of hydrogen-bond donors (Lipinski definition) is 0. The van der Waals surface area contributed by atoms with Crippen molar-refractivity contribution in [3.63, 3.8) is 0 Å². The monoisotopic (exact) mass is 720 g/mol. The number of halogens is 6. The van der Waals surface area contributed by atoms with Crippen molar-refractivity contribution < 1.29 is 26.3 Å². The van der Waals surface area contributed by atoms with Crippen LogP contribution in [0.25, 0.3) is 75.8 Å². The van der Waals surface area contributed by atoms with Crippen LogP contribution < -0.4 is 0 Å². The van der Waals surface area contributed by atoms with Crippen LogP contribution in [0, 0.1) is 35.8 Å². The van der Waals surface area contributed by atoms with Crippen LogP contribution in [0.15, 0.2) is 109 Å². The molecule has 0 radical (unpaired) electrons. The maximum Gasteiger partial charge on any atom is 0.418 e. The molecule has 6 nitrogen and oxygen atoms in total. The standard InChI is InChI=1S/C42H18F6N6/c1-51-27-7-11-31-29-9-3-23(21-49)15-35(29)53(37(31)19-27)39-17-25(5-13-33(39)41(43,44)45)26-6-14-34(42(46,47)48)40(18-26)54-36-16-24(22-50)4-10-30(36)32-12-8-28(52-2)20-38(32)54/h3-20H. The molecule has 0 atom stereocenters. The van der Waals surface area contributed by atoms with E-state index in [1.165, 1.54) is 81.9 Å². The van der Waals surface area contributed by atoms with Crippen molar-refractivity contribution in [3.05, 3.63) is 154 Å². The summed E-state index contributed by atoms with van der Waals surface area (Å²) in [6.07, 6.45) is -9.76. The first-order valence-corrected chi connectivity index (χ1v) is 16.0. The first-order valence-electron chi connectivity index (χ1n) is 16.0. The third-order valence-electron chi connectivity index (χ3n) is 9.44. The lowest BCUT2D eigenvalue weighted by Gasteiger charge is -2.20. The Balaban J connectivity index is 1.46. The van der Waals surface area contributed by atoms with Gasteiger partial charge in [-0.15, -0.1) is 0 Å². The van der Waals surface area contributed by atoms with Crippen LogP contribution >= 0.6 is 0 Å². The second-order valence-electron chi connectivity index (χ2n) is 12.4. The highest BCUT2D eigenvalue weighted by Crippen LogP contribution is 2.44. The zero-order valence-corrected chi connectivity index (χ0v) is 27.3. The molecule has 8 rings (SSSR count). The molecule has 0 bridgehead atoms. The number of rotatable bonds is 3. The SMILES string of the molecule is [C-]#[N+]c1ccc2c3ccc(C#N)cc3n(-c3cc(-c4ccc(C(F)(F)F)c(-n5c6cc(C#N)ccc6c6ccc([N+]#[C-])cc65)c4)ccc3C(F)(F)F)c2c1. The fraction of sp³-hybridized carbons (Fsp3) is 0.0476. The molecule has 54 heavy (non-hydrogen) atoms. The van der Waals surface area contributed by atoms with Gasteiger partial charge in [0.05, 0.1) is 69.9 Å². The summed E-state index contributed by atoms with van der Waals surface area (Å²) < 4.78 is 91.6. The largest absolute Gasteiger partial charge is 0.418 e. The number of benzene rings is 6. The predicted molar refractivity (Wildman–Crippen MR) is 193 cm³/mol. The average molecular weight is 721 g/mol. The molecule has 6 aromatic carbocycles. The van der Waals surface area contributed by atoms with Crippen LogP contribution in [0.4, 0.5) is 37.7 Å². The molecule has 258 valence electrons. The van der Waals surface area contributed by atoms with Crippen molar-refractivity contribution in [2.24, 2.45) is 0 Å². The Morgan fingerprint density at radius 3 is 1.15 bits per heavy atom. The van der Waals surface area contributed by atoms with E-state index < -0.39 is 23.5 Å². The number of alkyl halides is 6. The van der Waals surface area contributed by atoms with Gasteiger partial charge < -0.3 is 9.13 Å². The van der Waals surface area contributed by atoms with Crippen molar-refractivity contribution in [3.8, 4) is 34.6 Å². The first kappa shape index (κ1) is 33.6. The minimum atomic E-state index is -4.88. The average Bonchev–Trinajstić information content (AvgIpc) is 3.67. The van der Waals surface area contributed by atoms with E-state index in [2.05, 4.69) is 9.69 Å². The van der Waals surface area contributed by atoms with Gasteiger partial charge in [-0.25, -0.2) is 9.69 Å². The van der Waals surface area contributed by atoms with Gasteiger partial charge in [-0.3, -0.25) is 0 Å². The van der Waals surface area contributed by atoms with E-state index in [9.17, 15) is 36.9 Å². The third-order valence-corrected chi connectivity index (χ3v) is 9.44. The summed E-state index contributed by atoms with van der Waals surface area (Å²) in [4.78, 5) is 6.91. The quantitative estimate of drug-likeness (QED) is 0.135. The number of aromatic nitrogens is 2. The molecule has 0 spiro atoms. The maximum absolute atomic E-state index is 14.8. The summed E-state index contributed by atoms with van der Waals surface area (Å²) in [5.74, 6) is 0. The van der Waals surface area contributed by atoms with E-state index in [4.69, 9.17) is 13.1 Å². The number of fused-ring (bicyclic) bond motifs is 6. The second kappa shape index (κ2) is 12.0. The van der Waals surface area contributed by atoms with Crippen molar-refractivity contribution in [1.29, 1.82) is 10.5 Å². The van der Waals surface area contributed by atoms with Gasteiger partial charge in [0, 0.05) is 32.6 Å². The van der Waals surface area contributed by atoms with Crippen LogP contribution in [0.5, 0.6) is 0 Å². The predicted octanol–water partition coefficient (Wildman–Crippen LogP) is 12.4. The van der Waals surface area contributed by atoms with Crippen LogP contribution in [-0.4, -0.2) is 9.13 Å². The molecular formula is C42H18F6N6. The van der Waals surface area contributed by atoms with Crippen molar-refractivity contribution >= 4 is 55.0 Å². The molecule has 0 aliphatic rings. The fourth-order valence-corrected chi connectivity index (χ4v) is 7.08. The zero-order chi connectivity index (χ0) is 38.1. The smallest absolute Gasteiger partial charge is 0.310 e. The summed E-state index contributed by atoms with van der Waals surface area (Å²) >= 11 is 0. The number of nitrogens with zero attached hydrogens (tertiary/aromatic N) is 6. The molecule has 0 aliphatic heterocycles. The maximum atomic E-state index is 14.8. The second-order valence-corrected chi connectivity index (χ2v) is 12.4. The molecule has 0 unspecified atom stereocenters. The fourth-order valence-electron chi connectivity index (χ4n) is 7.08. The van der Waals surface area contributed by atoms with E-state index in [0.717, 1.165) is 12.1 Å². The van der Waals surface area contributed by atoms with Crippen molar-refractivity contribution in [2.75, 3.05) is 0 Å². The highest BCUT2D eigenvalue weighted by atomic mass is 19.4. The Kier molecular flexibility index (Phi) is 7.48. The Hall–Kier alpha value is -7.54. The molecule has 0 saturated heterocycles. The molecule has 0 fully saturated rings. The van der Waals surface area contributed by atoms with E-state index in [1.807, 2.05) is 12.1 Å². The Bertz CT molecular complexity index is 2730. The molecule has 12 heteroatoms. The van der Waals surface area contributed by atoms with Gasteiger partial charge >= 0.3 is 12.4 Å². The molecule has 2 aromatic heterocycles. The molecule has 0 N–H and O–H groups in total. The minimum Gasteiger partial charge on any atom is -0.310 e. The zero-order valence-electron chi connectivity index (χ0n) is 27.3. The topological polar surface area (TPSA) is 66.2 Å². The van der Waals surface area contributed by atoms with Crippen LogP contribution in [-0.2, 0) is 12.4 Å². The first-order chi connectivity index (χ1) is 25.8. The van der Waals surface area contributed by atoms with E-state index in [-0.39, 0.29) is 67.1 Å². The van der Waals surface area contributed by atoms with Gasteiger partial charge in [-0.1, -0.05) is 48.5 Å². The molecule has 0 aliphatic carbocycles. The number of hydrogen-bond acceptors (Lipinski definition) is 2. The Morgan fingerprint density at radius 2 is 0.815 bits per heavy atom. The lowest BCUT2D eigenvalue weighted by Crippen LogP contribution is -2.12. The third kappa shape index (κ3) is 5.25. The van der Waals surface area contributed by atoms with Gasteiger partial charge in [0.25, 0.3) is 0 Å². The van der Waals surface area contributed by atoms with Gasteiger partial charge in [0.2, 0.25) is 0 Å². The van der Waals surface area contributed by atoms with Gasteiger partial charge in [-0.2, -0.15) is 36.9 Å². The van der Waals surface area contributed by atoms with Gasteiger partial charge in [-0.05, 0) is 71.8 Å². The van der Waals surface area contributed by atoms with Crippen molar-refractivity contribution in [1.82, 2.24) is 9.13 Å². The normalized spacial score (nSPS) is 11.8. The highest BCUT2D eigenvalue weighted by molar-refractivity contribution is 6.11. The van der Waals surface area contributed by atoms with Crippen LogP contribution in [0.3, 0.4) is 0 Å². The van der Waals surface area contributed by atoms with Crippen LogP contribution in [0.2, 0.25) is 0 Å². The lowest BCUT2D eigenvalue weighted by atomic mass is 9.98. The van der Waals surface area contributed by atoms with Gasteiger partial charge in [0.15, 0.2) is 11.4 Å². The number of nitriles is 2. The summed E-state index contributed by atoms with van der Waals surface area (Å²) in [7, 11) is 0. The molecule has 0 saturated carbocycles.